The van der Waals surface area contributed by atoms with Crippen LogP contribution in [0.2, 0.25) is 0 Å². The Hall–Kier alpha value is -1.43. The van der Waals surface area contributed by atoms with Crippen molar-refractivity contribution in [1.29, 1.82) is 0 Å². The summed E-state index contributed by atoms with van der Waals surface area (Å²) in [6.45, 7) is 8.38. The minimum absolute atomic E-state index is 0.00375. The molecule has 2 unspecified atom stereocenters. The Morgan fingerprint density at radius 1 is 1.43 bits per heavy atom. The Bertz CT molecular complexity index is 527. The van der Waals surface area contributed by atoms with Gasteiger partial charge in [0.2, 0.25) is 11.8 Å². The Morgan fingerprint density at radius 2 is 2.14 bits per heavy atom. The van der Waals surface area contributed by atoms with Crippen molar-refractivity contribution in [1.82, 2.24) is 15.2 Å². The number of carbonyl (C=O) groups excluding carboxylic acids is 2. The number of hydrogen-bond donors (Lipinski definition) is 1. The molecule has 1 saturated heterocycles. The average Bonchev–Trinajstić information content (AvgIpc) is 2.88. The number of aryl methyl sites for hydroxylation is 1. The van der Waals surface area contributed by atoms with Crippen LogP contribution in [0, 0.1) is 5.92 Å². The van der Waals surface area contributed by atoms with Crippen LogP contribution in [-0.4, -0.2) is 33.8 Å². The van der Waals surface area contributed by atoms with E-state index in [1.54, 1.807) is 23.2 Å². The lowest BCUT2D eigenvalue weighted by Gasteiger charge is -2.37. The third kappa shape index (κ3) is 3.61. The number of piperazine rings is 1. The van der Waals surface area contributed by atoms with Crippen molar-refractivity contribution in [2.45, 2.75) is 59.2 Å². The molecule has 6 heteroatoms. The van der Waals surface area contributed by atoms with Crippen molar-refractivity contribution in [2.24, 2.45) is 5.92 Å². The second-order valence-corrected chi connectivity index (χ2v) is 7.11. The van der Waals surface area contributed by atoms with Crippen LogP contribution in [0.25, 0.3) is 0 Å². The quantitative estimate of drug-likeness (QED) is 0.904. The van der Waals surface area contributed by atoms with E-state index in [9.17, 15) is 9.59 Å². The monoisotopic (exact) mass is 309 g/mol. The lowest BCUT2D eigenvalue weighted by Crippen LogP contribution is -2.62. The van der Waals surface area contributed by atoms with Crippen LogP contribution < -0.4 is 5.32 Å². The smallest absolute Gasteiger partial charge is 0.246 e. The number of carbonyl (C=O) groups is 2. The van der Waals surface area contributed by atoms with E-state index >= 15 is 0 Å². The molecule has 1 aromatic heterocycles. The van der Waals surface area contributed by atoms with Crippen molar-refractivity contribution < 1.29 is 9.59 Å². The molecule has 0 bridgehead atoms. The molecule has 116 valence electrons. The van der Waals surface area contributed by atoms with E-state index < -0.39 is 12.1 Å². The van der Waals surface area contributed by atoms with Gasteiger partial charge in [0.15, 0.2) is 0 Å². The first-order valence-corrected chi connectivity index (χ1v) is 8.28. The van der Waals surface area contributed by atoms with Crippen LogP contribution in [0.1, 0.15) is 44.0 Å². The Balaban J connectivity index is 2.14. The normalized spacial score (nSPS) is 22.8. The Morgan fingerprint density at radius 3 is 2.71 bits per heavy atom. The van der Waals surface area contributed by atoms with Gasteiger partial charge in [-0.3, -0.25) is 9.59 Å². The number of nitrogens with zero attached hydrogens (tertiary/aromatic N) is 2. The SMILES string of the molecule is CCc1cnc(CN2C(=O)C(CC(C)C)NC(=O)C2C)s1. The van der Waals surface area contributed by atoms with Gasteiger partial charge < -0.3 is 10.2 Å². The first-order chi connectivity index (χ1) is 9.92. The van der Waals surface area contributed by atoms with Gasteiger partial charge in [-0.1, -0.05) is 20.8 Å². The van der Waals surface area contributed by atoms with Gasteiger partial charge in [0.25, 0.3) is 0 Å². The number of aromatic nitrogens is 1. The fourth-order valence-electron chi connectivity index (χ4n) is 2.46. The van der Waals surface area contributed by atoms with Crippen LogP contribution in [0.4, 0.5) is 0 Å². The minimum Gasteiger partial charge on any atom is -0.343 e. The molecule has 1 fully saturated rings. The predicted molar refractivity (Wildman–Crippen MR) is 82.9 cm³/mol. The standard InChI is InChI=1S/C15H23N3O2S/c1-5-11-7-16-13(21-11)8-18-10(4)14(19)17-12(15(18)20)6-9(2)3/h7,9-10,12H,5-6,8H2,1-4H3,(H,17,19). The molecule has 2 heterocycles. The molecule has 21 heavy (non-hydrogen) atoms. The average molecular weight is 309 g/mol. The first kappa shape index (κ1) is 15.9. The van der Waals surface area contributed by atoms with Crippen molar-refractivity contribution in [3.63, 3.8) is 0 Å². The number of nitrogens with one attached hydrogen (secondary N) is 1. The first-order valence-electron chi connectivity index (χ1n) is 7.46. The van der Waals surface area contributed by atoms with E-state index in [0.717, 1.165) is 11.4 Å². The molecule has 1 aliphatic rings. The molecule has 1 aliphatic heterocycles. The van der Waals surface area contributed by atoms with Crippen LogP contribution in [0.5, 0.6) is 0 Å². The highest BCUT2D eigenvalue weighted by atomic mass is 32.1. The summed E-state index contributed by atoms with van der Waals surface area (Å²) < 4.78 is 0. The maximum absolute atomic E-state index is 12.6. The molecule has 2 rings (SSSR count). The summed E-state index contributed by atoms with van der Waals surface area (Å²) in [6.07, 6.45) is 3.47. The summed E-state index contributed by atoms with van der Waals surface area (Å²) in [6, 6.07) is -0.839. The molecule has 1 aromatic rings. The van der Waals surface area contributed by atoms with Crippen LogP contribution in [-0.2, 0) is 22.6 Å². The van der Waals surface area contributed by atoms with Crippen LogP contribution in [0.3, 0.4) is 0 Å². The zero-order valence-electron chi connectivity index (χ0n) is 13.0. The van der Waals surface area contributed by atoms with E-state index in [-0.39, 0.29) is 11.8 Å². The zero-order valence-corrected chi connectivity index (χ0v) is 13.9. The summed E-state index contributed by atoms with van der Waals surface area (Å²) in [4.78, 5) is 31.9. The summed E-state index contributed by atoms with van der Waals surface area (Å²) >= 11 is 1.61. The second-order valence-electron chi connectivity index (χ2n) is 5.91. The van der Waals surface area contributed by atoms with Crippen molar-refractivity contribution >= 4 is 23.2 Å². The van der Waals surface area contributed by atoms with Gasteiger partial charge in [0.1, 0.15) is 17.1 Å². The highest BCUT2D eigenvalue weighted by Gasteiger charge is 2.38. The molecular formula is C15H23N3O2S. The number of rotatable bonds is 5. The Labute approximate surface area is 129 Å². The largest absolute Gasteiger partial charge is 0.343 e. The molecule has 2 atom stereocenters. The third-order valence-electron chi connectivity index (χ3n) is 3.71. The summed E-state index contributed by atoms with van der Waals surface area (Å²) in [7, 11) is 0. The molecule has 1 N–H and O–H groups in total. The van der Waals surface area contributed by atoms with E-state index in [0.29, 0.717) is 18.9 Å². The van der Waals surface area contributed by atoms with Gasteiger partial charge in [0.05, 0.1) is 6.54 Å². The van der Waals surface area contributed by atoms with E-state index in [4.69, 9.17) is 0 Å². The molecule has 5 nitrogen and oxygen atoms in total. The van der Waals surface area contributed by atoms with Gasteiger partial charge >= 0.3 is 0 Å². The van der Waals surface area contributed by atoms with Crippen molar-refractivity contribution in [3.8, 4) is 0 Å². The van der Waals surface area contributed by atoms with Crippen molar-refractivity contribution in [3.05, 3.63) is 16.1 Å². The maximum atomic E-state index is 12.6. The summed E-state index contributed by atoms with van der Waals surface area (Å²) in [5, 5.41) is 3.73. The van der Waals surface area contributed by atoms with Gasteiger partial charge in [-0.05, 0) is 25.7 Å². The highest BCUT2D eigenvalue weighted by Crippen LogP contribution is 2.21. The molecule has 0 aromatic carbocycles. The number of thiazole rings is 1. The van der Waals surface area contributed by atoms with E-state index in [2.05, 4.69) is 31.1 Å². The topological polar surface area (TPSA) is 62.3 Å². The zero-order chi connectivity index (χ0) is 15.6. The fraction of sp³-hybridized carbons (Fsp3) is 0.667. The number of amides is 2. The lowest BCUT2D eigenvalue weighted by atomic mass is 9.99. The van der Waals surface area contributed by atoms with Crippen LogP contribution >= 0.6 is 11.3 Å². The second kappa shape index (κ2) is 6.56. The number of hydrogen-bond acceptors (Lipinski definition) is 4. The fourth-order valence-corrected chi connectivity index (χ4v) is 3.32. The summed E-state index contributed by atoms with van der Waals surface area (Å²) in [5.41, 5.74) is 0. The maximum Gasteiger partial charge on any atom is 0.246 e. The minimum atomic E-state index is -0.435. The predicted octanol–water partition coefficient (Wildman–Crippen LogP) is 1.97. The molecule has 2 amide bonds. The molecule has 0 saturated carbocycles. The third-order valence-corrected chi connectivity index (χ3v) is 4.83. The van der Waals surface area contributed by atoms with Crippen LogP contribution in [0.15, 0.2) is 6.20 Å². The highest BCUT2D eigenvalue weighted by molar-refractivity contribution is 7.11. The Kier molecular flexibility index (Phi) is 4.98. The van der Waals surface area contributed by atoms with Gasteiger partial charge in [-0.2, -0.15) is 0 Å². The van der Waals surface area contributed by atoms with Gasteiger partial charge in [-0.15, -0.1) is 11.3 Å². The molecule has 0 spiro atoms. The summed E-state index contributed by atoms with van der Waals surface area (Å²) in [5.74, 6) is 0.289. The molecule has 0 radical (unpaired) electrons. The lowest BCUT2D eigenvalue weighted by molar-refractivity contribution is -0.149. The molecule has 0 aliphatic carbocycles. The van der Waals surface area contributed by atoms with Gasteiger partial charge in [-0.25, -0.2) is 4.98 Å². The van der Waals surface area contributed by atoms with E-state index in [1.165, 1.54) is 4.88 Å². The van der Waals surface area contributed by atoms with Gasteiger partial charge in [0, 0.05) is 11.1 Å². The van der Waals surface area contributed by atoms with Crippen molar-refractivity contribution in [2.75, 3.05) is 0 Å². The van der Waals surface area contributed by atoms with E-state index in [1.807, 2.05) is 6.20 Å². The molecular weight excluding hydrogens is 286 g/mol.